The largest absolute Gasteiger partial charge is 0.336 e. The number of nitriles is 1. The summed E-state index contributed by atoms with van der Waals surface area (Å²) in [4.78, 5) is 17.8. The zero-order valence-corrected chi connectivity index (χ0v) is 9.26. The molecule has 5 nitrogen and oxygen atoms in total. The van der Waals surface area contributed by atoms with Crippen molar-refractivity contribution in [2.24, 2.45) is 13.0 Å². The molecule has 1 saturated heterocycles. The highest BCUT2D eigenvalue weighted by molar-refractivity contribution is 5.92. The van der Waals surface area contributed by atoms with Crippen molar-refractivity contribution < 1.29 is 4.79 Å². The predicted octanol–water partition coefficient (Wildman–Crippen LogP) is 0.796. The Kier molecular flexibility index (Phi) is 2.91. The van der Waals surface area contributed by atoms with Gasteiger partial charge in [-0.2, -0.15) is 5.26 Å². The van der Waals surface area contributed by atoms with Crippen LogP contribution in [-0.4, -0.2) is 33.4 Å². The third kappa shape index (κ3) is 1.91. The summed E-state index contributed by atoms with van der Waals surface area (Å²) >= 11 is 0. The topological polar surface area (TPSA) is 61.9 Å². The van der Waals surface area contributed by atoms with Crippen molar-refractivity contribution in [2.75, 3.05) is 13.1 Å². The fraction of sp³-hybridized carbons (Fsp3) is 0.545. The van der Waals surface area contributed by atoms with Gasteiger partial charge in [-0.3, -0.25) is 4.79 Å². The summed E-state index contributed by atoms with van der Waals surface area (Å²) < 4.78 is 1.71. The monoisotopic (exact) mass is 218 g/mol. The second-order valence-corrected chi connectivity index (χ2v) is 4.11. The minimum Gasteiger partial charge on any atom is -0.336 e. The van der Waals surface area contributed by atoms with Gasteiger partial charge in [0.25, 0.3) is 5.91 Å². The zero-order valence-electron chi connectivity index (χ0n) is 9.26. The van der Waals surface area contributed by atoms with Crippen LogP contribution < -0.4 is 0 Å². The number of rotatable bonds is 1. The van der Waals surface area contributed by atoms with Gasteiger partial charge in [-0.1, -0.05) is 0 Å². The normalized spacial score (nSPS) is 20.5. The summed E-state index contributed by atoms with van der Waals surface area (Å²) in [7, 11) is 1.80. The molecule has 1 unspecified atom stereocenters. The highest BCUT2D eigenvalue weighted by Crippen LogP contribution is 2.17. The van der Waals surface area contributed by atoms with Gasteiger partial charge in [0.05, 0.1) is 24.5 Å². The molecule has 2 heterocycles. The molecule has 16 heavy (non-hydrogen) atoms. The molecule has 1 aliphatic rings. The van der Waals surface area contributed by atoms with Gasteiger partial charge in [-0.05, 0) is 12.8 Å². The number of piperidine rings is 1. The lowest BCUT2D eigenvalue weighted by Crippen LogP contribution is -2.40. The molecule has 1 aromatic rings. The van der Waals surface area contributed by atoms with E-state index in [-0.39, 0.29) is 11.8 Å². The third-order valence-electron chi connectivity index (χ3n) is 2.93. The molecule has 1 aromatic heterocycles. The summed E-state index contributed by atoms with van der Waals surface area (Å²) in [6.07, 6.45) is 4.98. The first-order valence-corrected chi connectivity index (χ1v) is 5.37. The smallest absolute Gasteiger partial charge is 0.272 e. The van der Waals surface area contributed by atoms with Crippen molar-refractivity contribution >= 4 is 5.91 Å². The number of nitrogens with zero attached hydrogens (tertiary/aromatic N) is 4. The van der Waals surface area contributed by atoms with Crippen LogP contribution in [0.3, 0.4) is 0 Å². The van der Waals surface area contributed by atoms with Crippen LogP contribution in [0.1, 0.15) is 23.3 Å². The van der Waals surface area contributed by atoms with Gasteiger partial charge in [0.15, 0.2) is 0 Å². The number of hydrogen-bond acceptors (Lipinski definition) is 3. The van der Waals surface area contributed by atoms with Crippen LogP contribution in [0.15, 0.2) is 12.5 Å². The first-order chi connectivity index (χ1) is 7.72. The molecular formula is C11H14N4O. The standard InChI is InChI=1S/C11H14N4O/c1-14-8-13-6-10(14)11(16)15-4-2-3-9(5-12)7-15/h6,8-9H,2-4,7H2,1H3. The maximum atomic E-state index is 12.1. The highest BCUT2D eigenvalue weighted by Gasteiger charge is 2.25. The second-order valence-electron chi connectivity index (χ2n) is 4.11. The average molecular weight is 218 g/mol. The Bertz CT molecular complexity index is 431. The van der Waals surface area contributed by atoms with E-state index in [0.29, 0.717) is 12.2 Å². The fourth-order valence-corrected chi connectivity index (χ4v) is 1.99. The first-order valence-electron chi connectivity index (χ1n) is 5.37. The highest BCUT2D eigenvalue weighted by atomic mass is 16.2. The van der Waals surface area contributed by atoms with Crippen molar-refractivity contribution in [3.63, 3.8) is 0 Å². The number of amides is 1. The Labute approximate surface area is 94.3 Å². The van der Waals surface area contributed by atoms with Crippen LogP contribution in [0.5, 0.6) is 0 Å². The van der Waals surface area contributed by atoms with Crippen LogP contribution in [0.4, 0.5) is 0 Å². The van der Waals surface area contributed by atoms with Crippen LogP contribution in [-0.2, 0) is 7.05 Å². The summed E-state index contributed by atoms with van der Waals surface area (Å²) in [5.41, 5.74) is 0.582. The number of imidazole rings is 1. The van der Waals surface area contributed by atoms with Crippen molar-refractivity contribution in [1.29, 1.82) is 5.26 Å². The zero-order chi connectivity index (χ0) is 11.5. The van der Waals surface area contributed by atoms with Gasteiger partial charge in [0.2, 0.25) is 0 Å². The Morgan fingerprint density at radius 2 is 2.50 bits per heavy atom. The van der Waals surface area contributed by atoms with Gasteiger partial charge >= 0.3 is 0 Å². The van der Waals surface area contributed by atoms with E-state index in [1.807, 2.05) is 0 Å². The van der Waals surface area contributed by atoms with Gasteiger partial charge < -0.3 is 9.47 Å². The maximum Gasteiger partial charge on any atom is 0.272 e. The summed E-state index contributed by atoms with van der Waals surface area (Å²) in [5.74, 6) is -0.0501. The van der Waals surface area contributed by atoms with E-state index < -0.39 is 0 Å². The fourth-order valence-electron chi connectivity index (χ4n) is 1.99. The predicted molar refractivity (Wildman–Crippen MR) is 57.4 cm³/mol. The number of carbonyl (C=O) groups is 1. The van der Waals surface area contributed by atoms with Gasteiger partial charge in [0.1, 0.15) is 5.69 Å². The minimum absolute atomic E-state index is 0.0223. The number of carbonyl (C=O) groups excluding carboxylic acids is 1. The average Bonchev–Trinajstić information content (AvgIpc) is 2.74. The molecule has 0 saturated carbocycles. The summed E-state index contributed by atoms with van der Waals surface area (Å²) in [6, 6.07) is 2.23. The molecule has 1 aliphatic heterocycles. The molecule has 1 atom stereocenters. The van der Waals surface area contributed by atoms with Crippen LogP contribution >= 0.6 is 0 Å². The van der Waals surface area contributed by atoms with Crippen LogP contribution in [0.25, 0.3) is 0 Å². The molecule has 0 radical (unpaired) electrons. The van der Waals surface area contributed by atoms with E-state index in [0.717, 1.165) is 19.4 Å². The minimum atomic E-state index is -0.0278. The lowest BCUT2D eigenvalue weighted by atomic mass is 9.99. The van der Waals surface area contributed by atoms with E-state index in [1.54, 1.807) is 29.0 Å². The Morgan fingerprint density at radius 1 is 1.69 bits per heavy atom. The number of likely N-dealkylation sites (tertiary alicyclic amines) is 1. The molecule has 0 aliphatic carbocycles. The molecule has 0 N–H and O–H groups in total. The number of aromatic nitrogens is 2. The molecular weight excluding hydrogens is 204 g/mol. The molecule has 0 spiro atoms. The summed E-state index contributed by atoms with van der Waals surface area (Å²) in [5, 5.41) is 8.87. The number of aryl methyl sites for hydroxylation is 1. The lowest BCUT2D eigenvalue weighted by Gasteiger charge is -2.29. The molecule has 1 fully saturated rings. The molecule has 2 rings (SSSR count). The summed E-state index contributed by atoms with van der Waals surface area (Å²) in [6.45, 7) is 1.28. The van der Waals surface area contributed by atoms with Gasteiger partial charge in [-0.25, -0.2) is 4.98 Å². The first kappa shape index (κ1) is 10.7. The van der Waals surface area contributed by atoms with Gasteiger partial charge in [-0.15, -0.1) is 0 Å². The van der Waals surface area contributed by atoms with Crippen LogP contribution in [0.2, 0.25) is 0 Å². The Morgan fingerprint density at radius 3 is 3.12 bits per heavy atom. The molecule has 84 valence electrons. The van der Waals surface area contributed by atoms with Crippen molar-refractivity contribution in [3.8, 4) is 6.07 Å². The second kappa shape index (κ2) is 4.35. The molecule has 5 heteroatoms. The number of hydrogen-bond donors (Lipinski definition) is 0. The third-order valence-corrected chi connectivity index (χ3v) is 2.93. The van der Waals surface area contributed by atoms with Crippen LogP contribution in [0, 0.1) is 17.2 Å². The SMILES string of the molecule is Cn1cncc1C(=O)N1CCCC(C#N)C1. The van der Waals surface area contributed by atoms with Gasteiger partial charge in [0, 0.05) is 20.1 Å². The van der Waals surface area contributed by atoms with E-state index in [1.165, 1.54) is 0 Å². The van der Waals surface area contributed by atoms with E-state index in [2.05, 4.69) is 11.1 Å². The molecule has 0 aromatic carbocycles. The van der Waals surface area contributed by atoms with Crippen molar-refractivity contribution in [1.82, 2.24) is 14.5 Å². The van der Waals surface area contributed by atoms with E-state index >= 15 is 0 Å². The molecule has 1 amide bonds. The van der Waals surface area contributed by atoms with E-state index in [4.69, 9.17) is 5.26 Å². The maximum absolute atomic E-state index is 12.1. The quantitative estimate of drug-likeness (QED) is 0.700. The van der Waals surface area contributed by atoms with Crippen molar-refractivity contribution in [3.05, 3.63) is 18.2 Å². The Balaban J connectivity index is 2.11. The lowest BCUT2D eigenvalue weighted by molar-refractivity contribution is 0.0689. The van der Waals surface area contributed by atoms with Crippen molar-refractivity contribution in [2.45, 2.75) is 12.8 Å². The molecule has 0 bridgehead atoms. The Hall–Kier alpha value is -1.83. The van der Waals surface area contributed by atoms with E-state index in [9.17, 15) is 4.79 Å².